The summed E-state index contributed by atoms with van der Waals surface area (Å²) < 4.78 is 29.1. The zero-order valence-electron chi connectivity index (χ0n) is 14.1. The van der Waals surface area contributed by atoms with Crippen LogP contribution in [0.3, 0.4) is 0 Å². The fourth-order valence-electron chi connectivity index (χ4n) is 2.21. The van der Waals surface area contributed by atoms with Gasteiger partial charge in [0.15, 0.2) is 16.4 Å². The summed E-state index contributed by atoms with van der Waals surface area (Å²) in [5.41, 5.74) is 1.41. The highest BCUT2D eigenvalue weighted by molar-refractivity contribution is 7.89. The van der Waals surface area contributed by atoms with Gasteiger partial charge in [-0.3, -0.25) is 9.48 Å². The van der Waals surface area contributed by atoms with Gasteiger partial charge in [0.05, 0.1) is 17.0 Å². The number of sulfone groups is 1. The Hall–Kier alpha value is -2.68. The van der Waals surface area contributed by atoms with Crippen LogP contribution in [0.25, 0.3) is 0 Å². The fraction of sp³-hybridized carbons (Fsp3) is 0.312. The van der Waals surface area contributed by atoms with Gasteiger partial charge in [-0.1, -0.05) is 12.1 Å². The number of carbonyl (C=O) groups excluding carboxylic acids is 2. The Balaban J connectivity index is 1.94. The smallest absolute Gasteiger partial charge is 0.338 e. The molecule has 1 amide bonds. The standard InChI is InChI=1S/C16H19N3O5S/c1-11-7-14(19(2)18-11)17-15(20)9-24-16(21)13-6-4-5-12(8-13)10-25(3,22)23/h4-8H,9-10H2,1-3H3,(H,17,20). The third-order valence-corrected chi connectivity index (χ3v) is 4.05. The van der Waals surface area contributed by atoms with Gasteiger partial charge in [-0.15, -0.1) is 0 Å². The topological polar surface area (TPSA) is 107 Å². The summed E-state index contributed by atoms with van der Waals surface area (Å²) in [5.74, 6) is -0.877. The van der Waals surface area contributed by atoms with Gasteiger partial charge < -0.3 is 10.1 Å². The lowest BCUT2D eigenvalue weighted by atomic mass is 10.1. The van der Waals surface area contributed by atoms with Crippen LogP contribution in [-0.4, -0.2) is 42.9 Å². The van der Waals surface area contributed by atoms with E-state index in [1.54, 1.807) is 32.2 Å². The monoisotopic (exact) mass is 365 g/mol. The van der Waals surface area contributed by atoms with Crippen LogP contribution in [0.15, 0.2) is 30.3 Å². The molecule has 0 aliphatic carbocycles. The number of amides is 1. The van der Waals surface area contributed by atoms with Crippen LogP contribution in [-0.2, 0) is 32.2 Å². The molecule has 0 unspecified atom stereocenters. The predicted molar refractivity (Wildman–Crippen MR) is 91.8 cm³/mol. The zero-order valence-corrected chi connectivity index (χ0v) is 15.0. The number of aromatic nitrogens is 2. The van der Waals surface area contributed by atoms with Gasteiger partial charge in [0, 0.05) is 19.4 Å². The van der Waals surface area contributed by atoms with Gasteiger partial charge in [0.2, 0.25) is 0 Å². The number of hydrogen-bond acceptors (Lipinski definition) is 6. The average Bonchev–Trinajstić information content (AvgIpc) is 2.81. The fourth-order valence-corrected chi connectivity index (χ4v) is 3.00. The summed E-state index contributed by atoms with van der Waals surface area (Å²) in [7, 11) is -1.52. The van der Waals surface area contributed by atoms with E-state index in [0.717, 1.165) is 11.9 Å². The predicted octanol–water partition coefficient (Wildman–Crippen LogP) is 1.07. The molecule has 0 aliphatic rings. The first kappa shape index (κ1) is 18.7. The Morgan fingerprint density at radius 3 is 2.60 bits per heavy atom. The van der Waals surface area contributed by atoms with Crippen molar-refractivity contribution in [3.8, 4) is 0 Å². The molecule has 9 heteroatoms. The maximum Gasteiger partial charge on any atom is 0.338 e. The first-order chi connectivity index (χ1) is 11.6. The number of ether oxygens (including phenoxy) is 1. The molecule has 2 rings (SSSR count). The maximum absolute atomic E-state index is 12.0. The Morgan fingerprint density at radius 1 is 1.28 bits per heavy atom. The van der Waals surface area contributed by atoms with Crippen molar-refractivity contribution in [2.24, 2.45) is 7.05 Å². The molecular weight excluding hydrogens is 346 g/mol. The van der Waals surface area contributed by atoms with Crippen molar-refractivity contribution < 1.29 is 22.7 Å². The number of nitrogens with zero attached hydrogens (tertiary/aromatic N) is 2. The lowest BCUT2D eigenvalue weighted by molar-refractivity contribution is -0.119. The minimum atomic E-state index is -3.21. The molecule has 25 heavy (non-hydrogen) atoms. The molecular formula is C16H19N3O5S. The van der Waals surface area contributed by atoms with Crippen LogP contribution < -0.4 is 5.32 Å². The minimum absolute atomic E-state index is 0.172. The third kappa shape index (κ3) is 5.71. The second-order valence-corrected chi connectivity index (χ2v) is 7.83. The second kappa shape index (κ2) is 7.47. The van der Waals surface area contributed by atoms with E-state index in [4.69, 9.17) is 4.74 Å². The van der Waals surface area contributed by atoms with Crippen molar-refractivity contribution in [3.05, 3.63) is 47.2 Å². The van der Waals surface area contributed by atoms with Crippen LogP contribution in [0.5, 0.6) is 0 Å². The van der Waals surface area contributed by atoms with Crippen LogP contribution in [0.1, 0.15) is 21.6 Å². The van der Waals surface area contributed by atoms with E-state index < -0.39 is 28.3 Å². The SMILES string of the molecule is Cc1cc(NC(=O)COC(=O)c2cccc(CS(C)(=O)=O)c2)n(C)n1. The quantitative estimate of drug-likeness (QED) is 0.767. The number of aryl methyl sites for hydroxylation is 2. The minimum Gasteiger partial charge on any atom is -0.452 e. The zero-order chi connectivity index (χ0) is 18.6. The number of hydrogen-bond donors (Lipinski definition) is 1. The molecule has 134 valence electrons. The first-order valence-corrected chi connectivity index (χ1v) is 9.44. The molecule has 0 spiro atoms. The van der Waals surface area contributed by atoms with E-state index in [9.17, 15) is 18.0 Å². The first-order valence-electron chi connectivity index (χ1n) is 7.38. The van der Waals surface area contributed by atoms with Gasteiger partial charge >= 0.3 is 5.97 Å². The van der Waals surface area contributed by atoms with Crippen LogP contribution in [0, 0.1) is 6.92 Å². The second-order valence-electron chi connectivity index (χ2n) is 5.69. The van der Waals surface area contributed by atoms with Crippen molar-refractivity contribution >= 4 is 27.5 Å². The molecule has 0 aliphatic heterocycles. The molecule has 1 N–H and O–H groups in total. The molecule has 8 nitrogen and oxygen atoms in total. The van der Waals surface area contributed by atoms with Crippen LogP contribution in [0.2, 0.25) is 0 Å². The lowest BCUT2D eigenvalue weighted by Gasteiger charge is -2.07. The van der Waals surface area contributed by atoms with E-state index >= 15 is 0 Å². The number of carbonyl (C=O) groups is 2. The van der Waals surface area contributed by atoms with Gasteiger partial charge in [0.25, 0.3) is 5.91 Å². The molecule has 0 radical (unpaired) electrons. The number of nitrogens with one attached hydrogen (secondary N) is 1. The van der Waals surface area contributed by atoms with E-state index in [0.29, 0.717) is 11.4 Å². The molecule has 1 heterocycles. The Kier molecular flexibility index (Phi) is 5.58. The van der Waals surface area contributed by atoms with E-state index in [2.05, 4.69) is 10.4 Å². The summed E-state index contributed by atoms with van der Waals surface area (Å²) in [5, 5.41) is 6.68. The Labute approximate surface area is 145 Å². The molecule has 0 bridgehead atoms. The summed E-state index contributed by atoms with van der Waals surface area (Å²) >= 11 is 0. The highest BCUT2D eigenvalue weighted by Crippen LogP contribution is 2.11. The Morgan fingerprint density at radius 2 is 2.00 bits per heavy atom. The number of benzene rings is 1. The van der Waals surface area contributed by atoms with Crippen molar-refractivity contribution in [2.45, 2.75) is 12.7 Å². The molecule has 1 aromatic heterocycles. The molecule has 2 aromatic rings. The number of anilines is 1. The summed E-state index contributed by atoms with van der Waals surface area (Å²) in [6.07, 6.45) is 1.11. The highest BCUT2D eigenvalue weighted by atomic mass is 32.2. The van der Waals surface area contributed by atoms with Crippen molar-refractivity contribution in [2.75, 3.05) is 18.2 Å². The van der Waals surface area contributed by atoms with Gasteiger partial charge in [-0.2, -0.15) is 5.10 Å². The molecule has 0 fully saturated rings. The van der Waals surface area contributed by atoms with Gasteiger partial charge in [-0.25, -0.2) is 13.2 Å². The summed E-state index contributed by atoms with van der Waals surface area (Å²) in [6, 6.07) is 7.79. The van der Waals surface area contributed by atoms with E-state index in [1.165, 1.54) is 16.8 Å². The summed E-state index contributed by atoms with van der Waals surface area (Å²) in [6.45, 7) is 1.33. The van der Waals surface area contributed by atoms with Crippen LogP contribution in [0.4, 0.5) is 5.82 Å². The van der Waals surface area contributed by atoms with E-state index in [-0.39, 0.29) is 11.3 Å². The summed E-state index contributed by atoms with van der Waals surface area (Å²) in [4.78, 5) is 23.9. The van der Waals surface area contributed by atoms with Crippen molar-refractivity contribution in [3.63, 3.8) is 0 Å². The average molecular weight is 365 g/mol. The molecule has 0 saturated heterocycles. The van der Waals surface area contributed by atoms with Crippen LogP contribution >= 0.6 is 0 Å². The number of rotatable bonds is 6. The van der Waals surface area contributed by atoms with E-state index in [1.807, 2.05) is 0 Å². The lowest BCUT2D eigenvalue weighted by Crippen LogP contribution is -2.22. The number of esters is 1. The van der Waals surface area contributed by atoms with Gasteiger partial charge in [-0.05, 0) is 24.6 Å². The van der Waals surface area contributed by atoms with Crippen molar-refractivity contribution in [1.29, 1.82) is 0 Å². The third-order valence-electron chi connectivity index (χ3n) is 3.20. The molecule has 1 aromatic carbocycles. The Bertz CT molecular complexity index is 902. The van der Waals surface area contributed by atoms with Crippen molar-refractivity contribution in [1.82, 2.24) is 9.78 Å². The molecule has 0 atom stereocenters. The maximum atomic E-state index is 12.0. The largest absolute Gasteiger partial charge is 0.452 e. The normalized spacial score (nSPS) is 11.2. The van der Waals surface area contributed by atoms with Gasteiger partial charge in [0.1, 0.15) is 5.82 Å². The highest BCUT2D eigenvalue weighted by Gasteiger charge is 2.13. The molecule has 0 saturated carbocycles.